The molecule has 2 amide bonds. The van der Waals surface area contributed by atoms with E-state index in [2.05, 4.69) is 38.1 Å². The second-order valence-electron chi connectivity index (χ2n) is 8.59. The molecule has 0 spiro atoms. The summed E-state index contributed by atoms with van der Waals surface area (Å²) in [4.78, 5) is 40.2. The van der Waals surface area contributed by atoms with Gasteiger partial charge in [0.1, 0.15) is 6.04 Å². The molecule has 1 aliphatic rings. The van der Waals surface area contributed by atoms with Gasteiger partial charge in [0.05, 0.1) is 12.6 Å². The van der Waals surface area contributed by atoms with Crippen LogP contribution in [0.5, 0.6) is 0 Å². The molecule has 2 heterocycles. The van der Waals surface area contributed by atoms with Crippen molar-refractivity contribution in [1.29, 1.82) is 0 Å². The molecular weight excluding hydrogens is 410 g/mol. The maximum Gasteiger partial charge on any atom is 0.290 e. The maximum atomic E-state index is 13.4. The van der Waals surface area contributed by atoms with Crippen LogP contribution in [-0.4, -0.2) is 55.6 Å². The Bertz CT molecular complexity index is 910. The van der Waals surface area contributed by atoms with Crippen molar-refractivity contribution in [2.24, 2.45) is 11.8 Å². The Hall–Kier alpha value is -3.23. The highest BCUT2D eigenvalue weighted by atomic mass is 16.3. The lowest BCUT2D eigenvalue weighted by molar-refractivity contribution is -0.141. The van der Waals surface area contributed by atoms with Crippen molar-refractivity contribution in [2.45, 2.75) is 59.7 Å². The number of rotatable bonds is 6. The highest BCUT2D eigenvalue weighted by molar-refractivity contribution is 5.87. The first-order valence-electron chi connectivity index (χ1n) is 10.8. The van der Waals surface area contributed by atoms with E-state index < -0.39 is 6.04 Å². The Morgan fingerprint density at radius 1 is 1.19 bits per heavy atom. The molecule has 9 nitrogen and oxygen atoms in total. The van der Waals surface area contributed by atoms with Crippen LogP contribution in [0.25, 0.3) is 11.4 Å². The van der Waals surface area contributed by atoms with Crippen molar-refractivity contribution >= 4 is 18.3 Å². The van der Waals surface area contributed by atoms with Crippen LogP contribution in [0, 0.1) is 11.8 Å². The van der Waals surface area contributed by atoms with Crippen LogP contribution in [0.15, 0.2) is 30.3 Å². The molecule has 2 N–H and O–H groups in total. The molecule has 174 valence electrons. The number of carbonyl (C=O) groups is 3. The van der Waals surface area contributed by atoms with Crippen LogP contribution < -0.4 is 5.32 Å². The number of benzene rings is 1. The molecule has 0 aliphatic carbocycles. The summed E-state index contributed by atoms with van der Waals surface area (Å²) >= 11 is 0. The van der Waals surface area contributed by atoms with Gasteiger partial charge in [0.25, 0.3) is 6.47 Å². The molecule has 0 saturated carbocycles. The zero-order valence-corrected chi connectivity index (χ0v) is 19.4. The third kappa shape index (κ3) is 6.15. The van der Waals surface area contributed by atoms with Gasteiger partial charge in [-0.3, -0.25) is 14.4 Å². The smallest absolute Gasteiger partial charge is 0.290 e. The van der Waals surface area contributed by atoms with Crippen molar-refractivity contribution in [3.05, 3.63) is 36.2 Å². The van der Waals surface area contributed by atoms with Gasteiger partial charge in [-0.25, -0.2) is 9.67 Å². The van der Waals surface area contributed by atoms with E-state index in [-0.39, 0.29) is 30.2 Å². The number of hydrogen-bond acceptors (Lipinski definition) is 5. The van der Waals surface area contributed by atoms with Gasteiger partial charge in [-0.05, 0) is 18.3 Å². The second kappa shape index (κ2) is 11.4. The zero-order valence-electron chi connectivity index (χ0n) is 19.4. The number of carboxylic acid groups (broad SMARTS) is 1. The molecule has 3 rings (SSSR count). The van der Waals surface area contributed by atoms with Crippen LogP contribution in [0.4, 0.5) is 0 Å². The van der Waals surface area contributed by atoms with E-state index in [4.69, 9.17) is 14.9 Å². The molecule has 1 aromatic carbocycles. The lowest BCUT2D eigenvalue weighted by Crippen LogP contribution is -2.53. The number of nitrogens with zero attached hydrogens (tertiary/aromatic N) is 4. The van der Waals surface area contributed by atoms with E-state index in [1.807, 2.05) is 39.9 Å². The molecule has 0 unspecified atom stereocenters. The summed E-state index contributed by atoms with van der Waals surface area (Å²) in [7, 11) is 0. The summed E-state index contributed by atoms with van der Waals surface area (Å²) in [6, 6.07) is 9.19. The molecule has 9 heteroatoms. The van der Waals surface area contributed by atoms with Gasteiger partial charge in [-0.2, -0.15) is 5.10 Å². The zero-order chi connectivity index (χ0) is 23.8. The normalized spacial score (nSPS) is 16.1. The summed E-state index contributed by atoms with van der Waals surface area (Å²) in [6.45, 7) is 10.7. The van der Waals surface area contributed by atoms with E-state index in [0.717, 1.165) is 11.4 Å². The van der Waals surface area contributed by atoms with Crippen molar-refractivity contribution in [3.63, 3.8) is 0 Å². The molecule has 32 heavy (non-hydrogen) atoms. The van der Waals surface area contributed by atoms with Gasteiger partial charge in [0.15, 0.2) is 11.6 Å². The minimum absolute atomic E-state index is 0.0388. The fraction of sp³-hybridized carbons (Fsp3) is 0.522. The predicted octanol–water partition coefficient (Wildman–Crippen LogP) is 2.74. The summed E-state index contributed by atoms with van der Waals surface area (Å²) < 4.78 is 1.92. The Balaban J connectivity index is 0.00000114. The van der Waals surface area contributed by atoms with Crippen LogP contribution in [0.1, 0.15) is 52.9 Å². The molecule has 1 aliphatic heterocycles. The van der Waals surface area contributed by atoms with E-state index in [9.17, 15) is 9.59 Å². The monoisotopic (exact) mass is 443 g/mol. The average Bonchev–Trinajstić information content (AvgIpc) is 3.16. The lowest BCUT2D eigenvalue weighted by Gasteiger charge is -2.39. The SMILES string of the molecule is CC(=O)N[C@H](CC(C)C)C(=O)N1CCn2nc(-c3ccccc3)nc2[C@@H]1C(C)C.O=CO. The van der Waals surface area contributed by atoms with Gasteiger partial charge >= 0.3 is 0 Å². The summed E-state index contributed by atoms with van der Waals surface area (Å²) in [5, 5.41) is 14.4. The van der Waals surface area contributed by atoms with Crippen molar-refractivity contribution < 1.29 is 19.5 Å². The topological polar surface area (TPSA) is 117 Å². The van der Waals surface area contributed by atoms with E-state index in [1.54, 1.807) is 0 Å². The Morgan fingerprint density at radius 2 is 1.81 bits per heavy atom. The maximum absolute atomic E-state index is 13.4. The lowest BCUT2D eigenvalue weighted by atomic mass is 9.96. The fourth-order valence-electron chi connectivity index (χ4n) is 3.97. The highest BCUT2D eigenvalue weighted by Gasteiger charge is 2.38. The van der Waals surface area contributed by atoms with E-state index in [1.165, 1.54) is 6.92 Å². The predicted molar refractivity (Wildman–Crippen MR) is 121 cm³/mol. The van der Waals surface area contributed by atoms with Crippen molar-refractivity contribution in [2.75, 3.05) is 6.54 Å². The van der Waals surface area contributed by atoms with Crippen LogP contribution >= 0.6 is 0 Å². The highest BCUT2D eigenvalue weighted by Crippen LogP contribution is 2.33. The first kappa shape index (κ1) is 25.0. The first-order valence-corrected chi connectivity index (χ1v) is 10.8. The van der Waals surface area contributed by atoms with E-state index >= 15 is 0 Å². The number of aromatic nitrogens is 3. The number of amides is 2. The van der Waals surface area contributed by atoms with Crippen molar-refractivity contribution in [3.8, 4) is 11.4 Å². The van der Waals surface area contributed by atoms with Gasteiger partial charge in [0.2, 0.25) is 11.8 Å². The van der Waals surface area contributed by atoms with Gasteiger partial charge in [-0.1, -0.05) is 58.0 Å². The summed E-state index contributed by atoms with van der Waals surface area (Å²) in [5.74, 6) is 1.74. The molecule has 0 fully saturated rings. The van der Waals surface area contributed by atoms with Gasteiger partial charge in [0, 0.05) is 19.0 Å². The minimum atomic E-state index is -0.517. The third-order valence-electron chi connectivity index (χ3n) is 5.18. The fourth-order valence-corrected chi connectivity index (χ4v) is 3.97. The van der Waals surface area contributed by atoms with Gasteiger partial charge in [-0.15, -0.1) is 0 Å². The second-order valence-corrected chi connectivity index (χ2v) is 8.59. The van der Waals surface area contributed by atoms with Crippen LogP contribution in [0.2, 0.25) is 0 Å². The molecule has 0 radical (unpaired) electrons. The third-order valence-corrected chi connectivity index (χ3v) is 5.18. The van der Waals surface area contributed by atoms with Crippen LogP contribution in [0.3, 0.4) is 0 Å². The Morgan fingerprint density at radius 3 is 2.34 bits per heavy atom. The number of fused-ring (bicyclic) bond motifs is 1. The summed E-state index contributed by atoms with van der Waals surface area (Å²) in [5.41, 5.74) is 0.964. The molecule has 2 atom stereocenters. The average molecular weight is 444 g/mol. The molecule has 0 bridgehead atoms. The van der Waals surface area contributed by atoms with Gasteiger partial charge < -0.3 is 15.3 Å². The molecule has 2 aromatic rings. The Kier molecular flexibility index (Phi) is 8.92. The largest absolute Gasteiger partial charge is 0.483 e. The number of nitrogens with one attached hydrogen (secondary N) is 1. The number of hydrogen-bond donors (Lipinski definition) is 2. The van der Waals surface area contributed by atoms with Crippen molar-refractivity contribution in [1.82, 2.24) is 25.0 Å². The first-order chi connectivity index (χ1) is 15.2. The Labute approximate surface area is 188 Å². The molecule has 1 aromatic heterocycles. The molecular formula is C23H33N5O4. The summed E-state index contributed by atoms with van der Waals surface area (Å²) in [6.07, 6.45) is 0.613. The van der Waals surface area contributed by atoms with E-state index in [0.29, 0.717) is 31.3 Å². The minimum Gasteiger partial charge on any atom is -0.483 e. The van der Waals surface area contributed by atoms with Crippen LogP contribution in [-0.2, 0) is 20.9 Å². The quantitative estimate of drug-likeness (QED) is 0.663. The standard InChI is InChI=1S/C22H31N5O2.CH2O2/c1-14(2)13-18(23-16(5)28)22(29)26-11-12-27-21(19(26)15(3)4)24-20(25-27)17-9-7-6-8-10-17;2-1-3/h6-10,14-15,18-19H,11-13H2,1-5H3,(H,23,28);1H,(H,2,3)/t18-,19+;/m1./s1. The molecule has 0 saturated heterocycles. The number of carbonyl (C=O) groups excluding carboxylic acids is 2.